The van der Waals surface area contributed by atoms with Gasteiger partial charge in [0, 0.05) is 19.0 Å². The number of halogens is 4. The van der Waals surface area contributed by atoms with Gasteiger partial charge in [-0.3, -0.25) is 9.59 Å². The Kier molecular flexibility index (Phi) is 6.71. The number of hydrogen-bond donors (Lipinski definition) is 4. The Bertz CT molecular complexity index is 1670. The lowest BCUT2D eigenvalue weighted by atomic mass is 10.0. The van der Waals surface area contributed by atoms with Crippen LogP contribution in [0.25, 0.3) is 5.65 Å². The van der Waals surface area contributed by atoms with Crippen molar-refractivity contribution in [2.24, 2.45) is 0 Å². The molecule has 14 heteroatoms. The van der Waals surface area contributed by atoms with Crippen LogP contribution in [0.2, 0.25) is 0 Å². The normalized spacial score (nSPS) is 16.5. The van der Waals surface area contributed by atoms with Gasteiger partial charge in [-0.2, -0.15) is 18.3 Å². The summed E-state index contributed by atoms with van der Waals surface area (Å²) in [5.41, 5.74) is -0.869. The monoisotopic (exact) mass is 557 g/mol. The number of carbonyl (C=O) groups excluding carboxylic acids is 2. The van der Waals surface area contributed by atoms with E-state index in [1.165, 1.54) is 30.3 Å². The smallest absolute Gasteiger partial charge is 0.416 e. The third kappa shape index (κ3) is 5.08. The molecule has 0 spiro atoms. The van der Waals surface area contributed by atoms with Crippen LogP contribution in [0.1, 0.15) is 59.6 Å². The van der Waals surface area contributed by atoms with Crippen LogP contribution < -0.4 is 10.6 Å². The SMILES string of the molecule is O=C(O)c1ccc2c(c1)C[C@H](O)[C@@H]2NC(=O)c1cc(C(=O)NCc2cccc(C(F)(F)F)c2)nc2c(F)cnn12. The molecule has 40 heavy (non-hydrogen) atoms. The summed E-state index contributed by atoms with van der Waals surface area (Å²) in [4.78, 5) is 41.3. The van der Waals surface area contributed by atoms with Crippen LogP contribution in [0.5, 0.6) is 0 Å². The van der Waals surface area contributed by atoms with Crippen molar-refractivity contribution in [1.29, 1.82) is 0 Å². The minimum atomic E-state index is -4.57. The summed E-state index contributed by atoms with van der Waals surface area (Å²) < 4.78 is 54.2. The number of nitrogens with zero attached hydrogens (tertiary/aromatic N) is 3. The van der Waals surface area contributed by atoms with Gasteiger partial charge in [0.1, 0.15) is 11.4 Å². The third-order valence-electron chi connectivity index (χ3n) is 6.43. The first-order chi connectivity index (χ1) is 18.9. The highest BCUT2D eigenvalue weighted by Gasteiger charge is 2.34. The lowest BCUT2D eigenvalue weighted by Crippen LogP contribution is -2.35. The molecule has 0 saturated heterocycles. The number of carboxylic acids is 1. The molecule has 4 N–H and O–H groups in total. The van der Waals surface area contributed by atoms with E-state index in [0.717, 1.165) is 28.9 Å². The number of rotatable bonds is 6. The predicted molar refractivity (Wildman–Crippen MR) is 129 cm³/mol. The van der Waals surface area contributed by atoms with E-state index < -0.39 is 58.8 Å². The summed E-state index contributed by atoms with van der Waals surface area (Å²) in [6.07, 6.45) is -4.80. The van der Waals surface area contributed by atoms with E-state index in [0.29, 0.717) is 11.1 Å². The van der Waals surface area contributed by atoms with Crippen molar-refractivity contribution in [2.45, 2.75) is 31.3 Å². The van der Waals surface area contributed by atoms with Gasteiger partial charge in [-0.15, -0.1) is 0 Å². The number of carboxylic acid groups (broad SMARTS) is 1. The lowest BCUT2D eigenvalue weighted by molar-refractivity contribution is -0.137. The van der Waals surface area contributed by atoms with Gasteiger partial charge < -0.3 is 20.8 Å². The Balaban J connectivity index is 1.40. The minimum absolute atomic E-state index is 0.0153. The van der Waals surface area contributed by atoms with Crippen molar-refractivity contribution in [3.63, 3.8) is 0 Å². The lowest BCUT2D eigenvalue weighted by Gasteiger charge is -2.18. The maximum absolute atomic E-state index is 14.4. The highest BCUT2D eigenvalue weighted by atomic mass is 19.4. The largest absolute Gasteiger partial charge is 0.478 e. The average molecular weight is 557 g/mol. The van der Waals surface area contributed by atoms with Gasteiger partial charge in [0.05, 0.1) is 29.5 Å². The van der Waals surface area contributed by atoms with Crippen LogP contribution in [0, 0.1) is 5.82 Å². The fourth-order valence-corrected chi connectivity index (χ4v) is 4.50. The Morgan fingerprint density at radius 2 is 1.85 bits per heavy atom. The van der Waals surface area contributed by atoms with Crippen LogP contribution in [0.3, 0.4) is 0 Å². The molecule has 2 aromatic heterocycles. The van der Waals surface area contributed by atoms with Crippen LogP contribution in [-0.4, -0.2) is 48.7 Å². The second kappa shape index (κ2) is 10.0. The molecule has 1 aliphatic rings. The molecule has 0 unspecified atom stereocenters. The maximum Gasteiger partial charge on any atom is 0.416 e. The fraction of sp³-hybridized carbons (Fsp3) is 0.192. The average Bonchev–Trinajstić information content (AvgIpc) is 3.44. The summed E-state index contributed by atoms with van der Waals surface area (Å²) in [7, 11) is 0. The molecule has 2 amide bonds. The molecule has 0 radical (unpaired) electrons. The van der Waals surface area contributed by atoms with Gasteiger partial charge >= 0.3 is 12.1 Å². The van der Waals surface area contributed by atoms with E-state index in [1.807, 2.05) is 0 Å². The second-order valence-corrected chi connectivity index (χ2v) is 9.08. The number of alkyl halides is 3. The van der Waals surface area contributed by atoms with Crippen molar-refractivity contribution in [3.8, 4) is 0 Å². The highest BCUT2D eigenvalue weighted by Crippen LogP contribution is 2.33. The molecule has 1 aliphatic carbocycles. The number of aromatic carboxylic acids is 1. The van der Waals surface area contributed by atoms with Gasteiger partial charge in [-0.1, -0.05) is 18.2 Å². The predicted octanol–water partition coefficient (Wildman–Crippen LogP) is 2.90. The molecule has 206 valence electrons. The Morgan fingerprint density at radius 3 is 2.58 bits per heavy atom. The summed E-state index contributed by atoms with van der Waals surface area (Å²) >= 11 is 0. The molecule has 0 bridgehead atoms. The third-order valence-corrected chi connectivity index (χ3v) is 6.43. The zero-order valence-electron chi connectivity index (χ0n) is 20.2. The molecule has 2 atom stereocenters. The topological polar surface area (TPSA) is 146 Å². The number of aliphatic hydroxyl groups is 1. The molecule has 2 aromatic carbocycles. The number of benzene rings is 2. The van der Waals surface area contributed by atoms with Crippen LogP contribution in [0.4, 0.5) is 17.6 Å². The van der Waals surface area contributed by atoms with Gasteiger partial charge in [-0.25, -0.2) is 18.7 Å². The molecular formula is C26H19F4N5O5. The number of fused-ring (bicyclic) bond motifs is 2. The molecule has 0 fully saturated rings. The van der Waals surface area contributed by atoms with E-state index in [4.69, 9.17) is 0 Å². The van der Waals surface area contributed by atoms with Crippen LogP contribution in [0.15, 0.2) is 54.7 Å². The number of carbonyl (C=O) groups is 3. The number of aliphatic hydroxyl groups excluding tert-OH is 1. The van der Waals surface area contributed by atoms with Crippen LogP contribution in [-0.2, 0) is 19.1 Å². The standard InChI is InChI=1S/C26H19F4N5O5/c27-17-11-32-35-19(24(38)34-21-16-5-4-13(25(39)40)7-14(16)8-20(21)36)9-18(33-22(17)35)23(37)31-10-12-2-1-3-15(6-12)26(28,29)30/h1-7,9,11,20-21,36H,8,10H2,(H,31,37)(H,34,38)(H,39,40)/t20-,21+/m0/s1. The zero-order valence-corrected chi connectivity index (χ0v) is 20.2. The zero-order chi connectivity index (χ0) is 28.8. The Hall–Kier alpha value is -4.85. The first-order valence-electron chi connectivity index (χ1n) is 11.8. The van der Waals surface area contributed by atoms with E-state index in [-0.39, 0.29) is 29.8 Å². The van der Waals surface area contributed by atoms with Crippen molar-refractivity contribution < 1.29 is 42.2 Å². The quantitative estimate of drug-likeness (QED) is 0.267. The minimum Gasteiger partial charge on any atom is -0.478 e. The van der Waals surface area contributed by atoms with Crippen molar-refractivity contribution >= 4 is 23.4 Å². The van der Waals surface area contributed by atoms with Crippen molar-refractivity contribution in [1.82, 2.24) is 25.2 Å². The summed E-state index contributed by atoms with van der Waals surface area (Å²) in [6.45, 7) is -0.303. The van der Waals surface area contributed by atoms with Crippen molar-refractivity contribution in [3.05, 3.63) is 99.8 Å². The van der Waals surface area contributed by atoms with Gasteiger partial charge in [-0.05, 0) is 41.0 Å². The number of amides is 2. The molecular weight excluding hydrogens is 538 g/mol. The summed E-state index contributed by atoms with van der Waals surface area (Å²) in [6, 6.07) is 8.63. The van der Waals surface area contributed by atoms with E-state index in [9.17, 15) is 42.2 Å². The Labute approximate surface area is 222 Å². The Morgan fingerprint density at radius 1 is 1.07 bits per heavy atom. The van der Waals surface area contributed by atoms with E-state index in [2.05, 4.69) is 20.7 Å². The number of nitrogens with one attached hydrogen (secondary N) is 2. The van der Waals surface area contributed by atoms with E-state index >= 15 is 0 Å². The summed E-state index contributed by atoms with van der Waals surface area (Å²) in [5.74, 6) is -3.82. The molecule has 0 aliphatic heterocycles. The molecule has 4 aromatic rings. The molecule has 2 heterocycles. The molecule has 10 nitrogen and oxygen atoms in total. The molecule has 5 rings (SSSR count). The fourth-order valence-electron chi connectivity index (χ4n) is 4.50. The molecule has 0 saturated carbocycles. The first kappa shape index (κ1) is 26.7. The first-order valence-corrected chi connectivity index (χ1v) is 11.8. The highest BCUT2D eigenvalue weighted by molar-refractivity contribution is 5.98. The van der Waals surface area contributed by atoms with Crippen LogP contribution >= 0.6 is 0 Å². The number of hydrogen-bond acceptors (Lipinski definition) is 6. The summed E-state index contributed by atoms with van der Waals surface area (Å²) in [5, 5.41) is 28.6. The number of aromatic nitrogens is 3. The maximum atomic E-state index is 14.4. The van der Waals surface area contributed by atoms with Gasteiger partial charge in [0.25, 0.3) is 11.8 Å². The van der Waals surface area contributed by atoms with Gasteiger partial charge in [0.2, 0.25) is 0 Å². The van der Waals surface area contributed by atoms with Crippen molar-refractivity contribution in [2.75, 3.05) is 0 Å². The second-order valence-electron chi connectivity index (χ2n) is 9.08. The van der Waals surface area contributed by atoms with E-state index in [1.54, 1.807) is 0 Å². The van der Waals surface area contributed by atoms with Gasteiger partial charge in [0.15, 0.2) is 11.5 Å².